The van der Waals surface area contributed by atoms with E-state index in [1.165, 1.54) is 32.1 Å². The number of aryl methyl sites for hydroxylation is 1. The Balaban J connectivity index is 1.97. The van der Waals surface area contributed by atoms with Gasteiger partial charge in [0.25, 0.3) is 0 Å². The number of imidazole rings is 1. The fourth-order valence-corrected chi connectivity index (χ4v) is 2.86. The fourth-order valence-electron chi connectivity index (χ4n) is 2.86. The topological polar surface area (TPSA) is 43.8 Å². The van der Waals surface area contributed by atoms with E-state index >= 15 is 0 Å². The number of nitrogens with two attached hydrogens (primary N) is 1. The molecule has 1 aliphatic carbocycles. The van der Waals surface area contributed by atoms with Crippen molar-refractivity contribution in [2.45, 2.75) is 45.1 Å². The van der Waals surface area contributed by atoms with Crippen molar-refractivity contribution in [3.8, 4) is 0 Å². The van der Waals surface area contributed by atoms with Crippen LogP contribution in [0.2, 0.25) is 0 Å². The molecule has 0 spiro atoms. The van der Waals surface area contributed by atoms with E-state index in [1.54, 1.807) is 0 Å². The summed E-state index contributed by atoms with van der Waals surface area (Å²) in [5.74, 6) is 2.61. The minimum Gasteiger partial charge on any atom is -0.337 e. The van der Waals surface area contributed by atoms with Crippen LogP contribution in [0.15, 0.2) is 12.4 Å². The van der Waals surface area contributed by atoms with Crippen LogP contribution in [0.25, 0.3) is 0 Å². The molecule has 0 aromatic carbocycles. The van der Waals surface area contributed by atoms with Crippen molar-refractivity contribution in [1.29, 1.82) is 0 Å². The summed E-state index contributed by atoms with van der Waals surface area (Å²) < 4.78 is 2.05. The van der Waals surface area contributed by atoms with Crippen molar-refractivity contribution >= 4 is 0 Å². The van der Waals surface area contributed by atoms with Crippen LogP contribution in [-0.4, -0.2) is 9.55 Å². The van der Waals surface area contributed by atoms with Crippen molar-refractivity contribution in [1.82, 2.24) is 9.55 Å². The van der Waals surface area contributed by atoms with Gasteiger partial charge in [-0.1, -0.05) is 26.2 Å². The zero-order valence-corrected chi connectivity index (χ0v) is 10.4. The quantitative estimate of drug-likeness (QED) is 0.852. The lowest BCUT2D eigenvalue weighted by Gasteiger charge is -2.31. The van der Waals surface area contributed by atoms with Crippen molar-refractivity contribution in [2.75, 3.05) is 0 Å². The highest BCUT2D eigenvalue weighted by atomic mass is 15.1. The average molecular weight is 221 g/mol. The molecule has 16 heavy (non-hydrogen) atoms. The molecule has 0 amide bonds. The molecule has 0 aliphatic heterocycles. The molecule has 1 atom stereocenters. The molecule has 3 heteroatoms. The van der Waals surface area contributed by atoms with Gasteiger partial charge in [0, 0.05) is 19.4 Å². The summed E-state index contributed by atoms with van der Waals surface area (Å²) >= 11 is 0. The van der Waals surface area contributed by atoms with Gasteiger partial charge in [-0.3, -0.25) is 0 Å². The predicted molar refractivity (Wildman–Crippen MR) is 65.9 cm³/mol. The Morgan fingerprint density at radius 3 is 2.62 bits per heavy atom. The van der Waals surface area contributed by atoms with E-state index in [2.05, 4.69) is 16.5 Å². The largest absolute Gasteiger partial charge is 0.337 e. The summed E-state index contributed by atoms with van der Waals surface area (Å²) in [6.07, 6.45) is 10.4. The van der Waals surface area contributed by atoms with Gasteiger partial charge in [-0.15, -0.1) is 0 Å². The third kappa shape index (κ3) is 2.29. The van der Waals surface area contributed by atoms with E-state index in [9.17, 15) is 0 Å². The first kappa shape index (κ1) is 11.6. The van der Waals surface area contributed by atoms with Gasteiger partial charge in [0.15, 0.2) is 0 Å². The number of rotatable bonds is 3. The van der Waals surface area contributed by atoms with Crippen LogP contribution in [0.5, 0.6) is 0 Å². The van der Waals surface area contributed by atoms with E-state index in [1.807, 2.05) is 19.4 Å². The van der Waals surface area contributed by atoms with Gasteiger partial charge in [-0.25, -0.2) is 4.98 Å². The molecule has 1 aromatic heterocycles. The molecular weight excluding hydrogens is 198 g/mol. The van der Waals surface area contributed by atoms with E-state index in [-0.39, 0.29) is 6.04 Å². The lowest BCUT2D eigenvalue weighted by molar-refractivity contribution is 0.234. The molecule has 1 unspecified atom stereocenters. The third-order valence-electron chi connectivity index (χ3n) is 4.13. The number of hydrogen-bond acceptors (Lipinski definition) is 2. The van der Waals surface area contributed by atoms with Crippen LogP contribution >= 0.6 is 0 Å². The van der Waals surface area contributed by atoms with Crippen LogP contribution in [0.1, 0.15) is 50.9 Å². The molecule has 0 saturated heterocycles. The summed E-state index contributed by atoms with van der Waals surface area (Å²) in [5.41, 5.74) is 6.32. The monoisotopic (exact) mass is 221 g/mol. The first-order chi connectivity index (χ1) is 7.72. The number of hydrogen-bond donors (Lipinski definition) is 1. The maximum atomic E-state index is 6.32. The summed E-state index contributed by atoms with van der Waals surface area (Å²) in [6, 6.07) is 0.123. The summed E-state index contributed by atoms with van der Waals surface area (Å²) in [5, 5.41) is 0. The molecule has 2 rings (SSSR count). The molecule has 90 valence electrons. The highest BCUT2D eigenvalue weighted by molar-refractivity contribution is 5.00. The van der Waals surface area contributed by atoms with E-state index in [4.69, 9.17) is 5.73 Å². The standard InChI is InChI=1S/C13H23N3/c1-3-10-4-6-11(7-5-10)12(14)13-15-8-9-16(13)2/h8-12H,3-7,14H2,1-2H3. The second-order valence-electron chi connectivity index (χ2n) is 5.11. The maximum Gasteiger partial charge on any atom is 0.125 e. The van der Waals surface area contributed by atoms with Gasteiger partial charge in [0.1, 0.15) is 5.82 Å². The van der Waals surface area contributed by atoms with Gasteiger partial charge < -0.3 is 10.3 Å². The maximum absolute atomic E-state index is 6.32. The molecule has 1 aliphatic rings. The molecule has 3 nitrogen and oxygen atoms in total. The zero-order chi connectivity index (χ0) is 11.5. The Labute approximate surface area is 98.1 Å². The van der Waals surface area contributed by atoms with Gasteiger partial charge in [-0.05, 0) is 24.7 Å². The highest BCUT2D eigenvalue weighted by Gasteiger charge is 2.27. The first-order valence-electron chi connectivity index (χ1n) is 6.45. The van der Waals surface area contributed by atoms with E-state index in [0.717, 1.165) is 11.7 Å². The molecule has 1 fully saturated rings. The Morgan fingerprint density at radius 1 is 1.44 bits per heavy atom. The smallest absolute Gasteiger partial charge is 0.125 e. The van der Waals surface area contributed by atoms with Crippen LogP contribution < -0.4 is 5.73 Å². The van der Waals surface area contributed by atoms with Crippen LogP contribution in [0.4, 0.5) is 0 Å². The van der Waals surface area contributed by atoms with Crippen molar-refractivity contribution in [3.63, 3.8) is 0 Å². The minimum atomic E-state index is 0.123. The van der Waals surface area contributed by atoms with Crippen LogP contribution in [0, 0.1) is 11.8 Å². The highest BCUT2D eigenvalue weighted by Crippen LogP contribution is 2.36. The van der Waals surface area contributed by atoms with Gasteiger partial charge >= 0.3 is 0 Å². The second kappa shape index (κ2) is 5.00. The lowest BCUT2D eigenvalue weighted by atomic mass is 9.77. The van der Waals surface area contributed by atoms with Crippen molar-refractivity contribution in [3.05, 3.63) is 18.2 Å². The van der Waals surface area contributed by atoms with Crippen LogP contribution in [0.3, 0.4) is 0 Å². The normalized spacial score (nSPS) is 27.9. The van der Waals surface area contributed by atoms with E-state index in [0.29, 0.717) is 5.92 Å². The van der Waals surface area contributed by atoms with Crippen molar-refractivity contribution < 1.29 is 0 Å². The molecule has 1 heterocycles. The number of nitrogens with zero attached hydrogens (tertiary/aromatic N) is 2. The molecule has 1 aromatic rings. The third-order valence-corrected chi connectivity index (χ3v) is 4.13. The zero-order valence-electron chi connectivity index (χ0n) is 10.4. The Kier molecular flexibility index (Phi) is 3.64. The lowest BCUT2D eigenvalue weighted by Crippen LogP contribution is -2.28. The summed E-state index contributed by atoms with van der Waals surface area (Å²) in [6.45, 7) is 2.30. The van der Waals surface area contributed by atoms with E-state index < -0.39 is 0 Å². The first-order valence-corrected chi connectivity index (χ1v) is 6.45. The van der Waals surface area contributed by atoms with Crippen LogP contribution in [-0.2, 0) is 7.05 Å². The van der Waals surface area contributed by atoms with Crippen molar-refractivity contribution in [2.24, 2.45) is 24.6 Å². The molecule has 1 saturated carbocycles. The fraction of sp³-hybridized carbons (Fsp3) is 0.769. The van der Waals surface area contributed by atoms with Gasteiger partial charge in [-0.2, -0.15) is 0 Å². The Morgan fingerprint density at radius 2 is 2.12 bits per heavy atom. The summed E-state index contributed by atoms with van der Waals surface area (Å²) in [7, 11) is 2.03. The molecule has 0 bridgehead atoms. The average Bonchev–Trinajstić information content (AvgIpc) is 2.75. The Bertz CT molecular complexity index is 324. The predicted octanol–water partition coefficient (Wildman–Crippen LogP) is 2.64. The van der Waals surface area contributed by atoms with Gasteiger partial charge in [0.2, 0.25) is 0 Å². The minimum absolute atomic E-state index is 0.123. The molecule has 0 radical (unpaired) electrons. The second-order valence-corrected chi connectivity index (χ2v) is 5.11. The SMILES string of the molecule is CCC1CCC(C(N)c2nccn2C)CC1. The summed E-state index contributed by atoms with van der Waals surface area (Å²) in [4.78, 5) is 4.37. The van der Waals surface area contributed by atoms with Gasteiger partial charge in [0.05, 0.1) is 6.04 Å². The number of aromatic nitrogens is 2. The molecule has 2 N–H and O–H groups in total. The Hall–Kier alpha value is -0.830. The molecular formula is C13H23N3.